The van der Waals surface area contributed by atoms with Gasteiger partial charge in [0.25, 0.3) is 0 Å². The molecular weight excluding hydrogens is 529 g/mol. The van der Waals surface area contributed by atoms with Crippen LogP contribution >= 0.6 is 24.0 Å². The Labute approximate surface area is 212 Å². The van der Waals surface area contributed by atoms with E-state index in [-0.39, 0.29) is 30.1 Å². The standard InChI is InChI=1S/C25H31N5O2.HI/c1-19-3-8-22(24(13-19)32-23-9-12-31-17-23)15-29-25(26-2)28-14-20-4-6-21(7-5-20)16-30-11-10-27-18-30;/h3-8,10-11,13,18,23H,9,12,14-17H2,1-2H3,(H2,26,28,29);1H. The molecule has 3 aromatic rings. The van der Waals surface area contributed by atoms with E-state index in [9.17, 15) is 0 Å². The predicted octanol–water partition coefficient (Wildman–Crippen LogP) is 3.89. The number of ether oxygens (including phenoxy) is 2. The number of hydrogen-bond acceptors (Lipinski definition) is 4. The normalized spacial score (nSPS) is 15.7. The van der Waals surface area contributed by atoms with Gasteiger partial charge in [-0.05, 0) is 29.7 Å². The maximum atomic E-state index is 6.20. The highest BCUT2D eigenvalue weighted by Gasteiger charge is 2.18. The van der Waals surface area contributed by atoms with Crippen LogP contribution in [0.4, 0.5) is 0 Å². The first-order valence-electron chi connectivity index (χ1n) is 11.0. The van der Waals surface area contributed by atoms with Gasteiger partial charge in [-0.25, -0.2) is 4.98 Å². The molecule has 2 aromatic carbocycles. The topological polar surface area (TPSA) is 72.7 Å². The maximum Gasteiger partial charge on any atom is 0.191 e. The lowest BCUT2D eigenvalue weighted by Crippen LogP contribution is -2.36. The Morgan fingerprint density at radius 1 is 1.15 bits per heavy atom. The molecule has 8 heteroatoms. The van der Waals surface area contributed by atoms with E-state index in [2.05, 4.69) is 74.6 Å². The minimum absolute atomic E-state index is 0. The third-order valence-electron chi connectivity index (χ3n) is 5.48. The predicted molar refractivity (Wildman–Crippen MR) is 141 cm³/mol. The van der Waals surface area contributed by atoms with E-state index < -0.39 is 0 Å². The van der Waals surface area contributed by atoms with E-state index in [1.165, 1.54) is 16.7 Å². The molecule has 176 valence electrons. The van der Waals surface area contributed by atoms with Gasteiger partial charge in [-0.2, -0.15) is 0 Å². The number of hydrogen-bond donors (Lipinski definition) is 2. The fourth-order valence-electron chi connectivity index (χ4n) is 3.64. The Balaban J connectivity index is 0.00000306. The largest absolute Gasteiger partial charge is 0.488 e. The smallest absolute Gasteiger partial charge is 0.191 e. The van der Waals surface area contributed by atoms with Crippen molar-refractivity contribution in [2.24, 2.45) is 4.99 Å². The van der Waals surface area contributed by atoms with Crippen molar-refractivity contribution in [3.05, 3.63) is 83.4 Å². The zero-order chi connectivity index (χ0) is 22.2. The molecule has 4 rings (SSSR count). The van der Waals surface area contributed by atoms with Gasteiger partial charge in [0.15, 0.2) is 5.96 Å². The van der Waals surface area contributed by atoms with Crippen LogP contribution in [0.25, 0.3) is 0 Å². The Bertz CT molecular complexity index is 1020. The third-order valence-corrected chi connectivity index (χ3v) is 5.48. The summed E-state index contributed by atoms with van der Waals surface area (Å²) in [6.07, 6.45) is 6.66. The summed E-state index contributed by atoms with van der Waals surface area (Å²) in [5.74, 6) is 1.67. The summed E-state index contributed by atoms with van der Waals surface area (Å²) in [4.78, 5) is 8.45. The van der Waals surface area contributed by atoms with E-state index >= 15 is 0 Å². The minimum Gasteiger partial charge on any atom is -0.488 e. The van der Waals surface area contributed by atoms with E-state index in [4.69, 9.17) is 9.47 Å². The van der Waals surface area contributed by atoms with Crippen LogP contribution in [0.2, 0.25) is 0 Å². The SMILES string of the molecule is CN=C(NCc1ccc(Cn2ccnc2)cc1)NCc1ccc(C)cc1OC1CCOC1.I. The molecular formula is C25H32IN5O2. The molecule has 1 aliphatic rings. The average molecular weight is 561 g/mol. The lowest BCUT2D eigenvalue weighted by atomic mass is 10.1. The van der Waals surface area contributed by atoms with E-state index in [1.54, 1.807) is 13.2 Å². The number of aliphatic imine (C=N–C) groups is 1. The summed E-state index contributed by atoms with van der Waals surface area (Å²) in [6.45, 7) is 5.66. The number of benzene rings is 2. The monoisotopic (exact) mass is 561 g/mol. The van der Waals surface area contributed by atoms with Crippen LogP contribution in [0.3, 0.4) is 0 Å². The molecule has 0 amide bonds. The van der Waals surface area contributed by atoms with Crippen LogP contribution in [0, 0.1) is 6.92 Å². The Morgan fingerprint density at radius 3 is 2.64 bits per heavy atom. The molecule has 0 radical (unpaired) electrons. The van der Waals surface area contributed by atoms with Crippen molar-refractivity contribution in [1.29, 1.82) is 0 Å². The summed E-state index contributed by atoms with van der Waals surface area (Å²) in [6, 6.07) is 14.9. The van der Waals surface area contributed by atoms with Gasteiger partial charge in [0.05, 0.1) is 19.5 Å². The van der Waals surface area contributed by atoms with Crippen LogP contribution in [0.1, 0.15) is 28.7 Å². The zero-order valence-corrected chi connectivity index (χ0v) is 21.5. The van der Waals surface area contributed by atoms with Crippen molar-refractivity contribution >= 4 is 29.9 Å². The van der Waals surface area contributed by atoms with E-state index in [0.29, 0.717) is 19.7 Å². The van der Waals surface area contributed by atoms with Gasteiger partial charge >= 0.3 is 0 Å². The van der Waals surface area contributed by atoms with E-state index in [0.717, 1.165) is 36.8 Å². The molecule has 2 N–H and O–H groups in total. The van der Waals surface area contributed by atoms with Gasteiger partial charge in [-0.15, -0.1) is 24.0 Å². The Hall–Kier alpha value is -2.59. The summed E-state index contributed by atoms with van der Waals surface area (Å²) in [7, 11) is 1.78. The van der Waals surface area contributed by atoms with Crippen LogP contribution in [-0.2, 0) is 24.4 Å². The molecule has 0 aliphatic carbocycles. The molecule has 0 spiro atoms. The van der Waals surface area contributed by atoms with Gasteiger partial charge in [0, 0.05) is 51.1 Å². The number of halogens is 1. The number of nitrogens with one attached hydrogen (secondary N) is 2. The molecule has 1 unspecified atom stereocenters. The van der Waals surface area contributed by atoms with Crippen LogP contribution < -0.4 is 15.4 Å². The fourth-order valence-corrected chi connectivity index (χ4v) is 3.64. The quantitative estimate of drug-likeness (QED) is 0.248. The Kier molecular flexibility index (Phi) is 9.56. The second kappa shape index (κ2) is 12.6. The van der Waals surface area contributed by atoms with Crippen molar-refractivity contribution in [3.8, 4) is 5.75 Å². The molecule has 2 heterocycles. The average Bonchev–Trinajstić information content (AvgIpc) is 3.50. The fraction of sp³-hybridized carbons (Fsp3) is 0.360. The van der Waals surface area contributed by atoms with Gasteiger partial charge < -0.3 is 24.7 Å². The lowest BCUT2D eigenvalue weighted by Gasteiger charge is -2.18. The first-order chi connectivity index (χ1) is 15.7. The molecule has 1 aliphatic heterocycles. The highest BCUT2D eigenvalue weighted by Crippen LogP contribution is 2.23. The minimum atomic E-state index is 0. The summed E-state index contributed by atoms with van der Waals surface area (Å²) in [5.41, 5.74) is 4.73. The van der Waals surface area contributed by atoms with Crippen molar-refractivity contribution in [2.75, 3.05) is 20.3 Å². The van der Waals surface area contributed by atoms with Crippen molar-refractivity contribution in [3.63, 3.8) is 0 Å². The maximum absolute atomic E-state index is 6.20. The van der Waals surface area contributed by atoms with Crippen molar-refractivity contribution in [1.82, 2.24) is 20.2 Å². The Morgan fingerprint density at radius 2 is 1.94 bits per heavy atom. The van der Waals surface area contributed by atoms with Crippen LogP contribution in [0.15, 0.2) is 66.2 Å². The zero-order valence-electron chi connectivity index (χ0n) is 19.2. The number of aromatic nitrogens is 2. The number of guanidine groups is 1. The molecule has 1 fully saturated rings. The van der Waals surface area contributed by atoms with Gasteiger partial charge in [-0.1, -0.05) is 36.4 Å². The molecule has 1 atom stereocenters. The second-order valence-corrected chi connectivity index (χ2v) is 8.05. The molecule has 7 nitrogen and oxygen atoms in total. The summed E-state index contributed by atoms with van der Waals surface area (Å²) < 4.78 is 13.7. The molecule has 1 aromatic heterocycles. The first kappa shape index (κ1) is 25.0. The lowest BCUT2D eigenvalue weighted by molar-refractivity contribution is 0.140. The highest BCUT2D eigenvalue weighted by molar-refractivity contribution is 14.0. The molecule has 0 saturated carbocycles. The molecule has 33 heavy (non-hydrogen) atoms. The van der Waals surface area contributed by atoms with Crippen molar-refractivity contribution < 1.29 is 9.47 Å². The first-order valence-corrected chi connectivity index (χ1v) is 11.0. The van der Waals surface area contributed by atoms with Crippen molar-refractivity contribution in [2.45, 2.75) is 39.1 Å². The number of imidazole rings is 1. The van der Waals surface area contributed by atoms with Crippen LogP contribution in [-0.4, -0.2) is 41.9 Å². The summed E-state index contributed by atoms with van der Waals surface area (Å²) in [5, 5.41) is 6.79. The second-order valence-electron chi connectivity index (χ2n) is 8.05. The van der Waals surface area contributed by atoms with Crippen LogP contribution in [0.5, 0.6) is 5.75 Å². The third kappa shape index (κ3) is 7.46. The summed E-state index contributed by atoms with van der Waals surface area (Å²) >= 11 is 0. The molecule has 0 bridgehead atoms. The number of rotatable bonds is 8. The van der Waals surface area contributed by atoms with Gasteiger partial charge in [0.1, 0.15) is 11.9 Å². The molecule has 1 saturated heterocycles. The van der Waals surface area contributed by atoms with Gasteiger partial charge in [-0.3, -0.25) is 4.99 Å². The highest BCUT2D eigenvalue weighted by atomic mass is 127. The number of aryl methyl sites for hydroxylation is 1. The van der Waals surface area contributed by atoms with E-state index in [1.807, 2.05) is 12.5 Å². The number of nitrogens with zero attached hydrogens (tertiary/aromatic N) is 3. The van der Waals surface area contributed by atoms with Gasteiger partial charge in [0.2, 0.25) is 0 Å².